The fourth-order valence-electron chi connectivity index (χ4n) is 15.3. The number of ether oxygens (including phenoxy) is 6. The average Bonchev–Trinajstić information content (AvgIpc) is 3.64. The molecule has 10 N–H and O–H groups in total. The SMILES string of the molecule is C=C(C)[C@@H]1CC[C@]2(C(=O)O)CC[C@]3(C)[C@H](CC[C@@H]4[C@@]5(C)CC[C@H](O[C@@H]6OC[C@H](O[C@H]7O[C@H](CO)[C@@H](O)[C@H](O)[C@H]7O[C@@H]7O[C@@H](C)[C@H](O)[C@@H](O)[C@H]7O)[C@H](O)[C@H]6O)C(C)(O)[C@@H]5CC[C@]43C)[C@@H]12. The van der Waals surface area contributed by atoms with Crippen LogP contribution in [0, 0.1) is 51.2 Å². The highest BCUT2D eigenvalue weighted by Gasteiger charge is 2.72. The molecule has 0 spiro atoms. The van der Waals surface area contributed by atoms with Crippen molar-refractivity contribution in [3.8, 4) is 0 Å². The van der Waals surface area contributed by atoms with Gasteiger partial charge in [0.15, 0.2) is 18.9 Å². The molecule has 3 saturated heterocycles. The van der Waals surface area contributed by atoms with E-state index in [0.717, 1.165) is 50.5 Å². The van der Waals surface area contributed by atoms with Crippen molar-refractivity contribution in [2.24, 2.45) is 51.2 Å². The van der Waals surface area contributed by atoms with E-state index in [0.29, 0.717) is 19.3 Å². The van der Waals surface area contributed by atoms with Gasteiger partial charge in [-0.05, 0) is 131 Å². The van der Waals surface area contributed by atoms with Crippen molar-refractivity contribution < 1.29 is 84.3 Å². The molecule has 0 bridgehead atoms. The normalized spacial score (nSPS) is 57.0. The maximum atomic E-state index is 13.1. The van der Waals surface area contributed by atoms with Gasteiger partial charge in [0.05, 0.1) is 36.4 Å². The van der Waals surface area contributed by atoms with Gasteiger partial charge < -0.3 is 79.5 Å². The lowest BCUT2D eigenvalue weighted by atomic mass is 9.33. The van der Waals surface area contributed by atoms with Crippen molar-refractivity contribution in [2.75, 3.05) is 13.2 Å². The number of carboxylic acid groups (broad SMARTS) is 1. The molecule has 5 saturated carbocycles. The van der Waals surface area contributed by atoms with E-state index in [9.17, 15) is 55.9 Å². The molecule has 360 valence electrons. The highest BCUT2D eigenvalue weighted by Crippen LogP contribution is 2.77. The summed E-state index contributed by atoms with van der Waals surface area (Å²) in [5.74, 6) is -0.00293. The van der Waals surface area contributed by atoms with Crippen LogP contribution in [0.2, 0.25) is 0 Å². The second-order valence-electron chi connectivity index (χ2n) is 21.9. The van der Waals surface area contributed by atoms with Crippen LogP contribution >= 0.6 is 0 Å². The fourth-order valence-corrected chi connectivity index (χ4v) is 15.3. The molecule has 17 heteroatoms. The van der Waals surface area contributed by atoms with Crippen LogP contribution in [0.3, 0.4) is 0 Å². The molecule has 0 radical (unpaired) electrons. The lowest BCUT2D eigenvalue weighted by Gasteiger charge is -2.72. The summed E-state index contributed by atoms with van der Waals surface area (Å²) < 4.78 is 35.4. The van der Waals surface area contributed by atoms with Gasteiger partial charge in [-0.1, -0.05) is 32.9 Å². The molecule has 0 amide bonds. The van der Waals surface area contributed by atoms with E-state index < -0.39 is 116 Å². The maximum absolute atomic E-state index is 13.1. The van der Waals surface area contributed by atoms with E-state index in [1.165, 1.54) is 6.92 Å². The minimum absolute atomic E-state index is 0.0610. The minimum atomic E-state index is -1.78. The van der Waals surface area contributed by atoms with Gasteiger partial charge in [0, 0.05) is 0 Å². The lowest BCUT2D eigenvalue weighted by Crippen LogP contribution is -2.69. The summed E-state index contributed by atoms with van der Waals surface area (Å²) in [6.07, 6.45) is -14.5. The minimum Gasteiger partial charge on any atom is -0.481 e. The smallest absolute Gasteiger partial charge is 0.309 e. The van der Waals surface area contributed by atoms with E-state index in [4.69, 9.17) is 28.4 Å². The number of aliphatic carboxylic acids is 1. The third-order valence-electron chi connectivity index (χ3n) is 19.0. The van der Waals surface area contributed by atoms with Crippen LogP contribution in [0.1, 0.15) is 106 Å². The second kappa shape index (κ2) is 17.0. The van der Waals surface area contributed by atoms with Crippen molar-refractivity contribution in [3.63, 3.8) is 0 Å². The Kier molecular flexibility index (Phi) is 13.0. The number of hydrogen-bond donors (Lipinski definition) is 10. The summed E-state index contributed by atoms with van der Waals surface area (Å²) >= 11 is 0. The van der Waals surface area contributed by atoms with Gasteiger partial charge in [-0.2, -0.15) is 0 Å². The second-order valence-corrected chi connectivity index (χ2v) is 21.9. The van der Waals surface area contributed by atoms with Gasteiger partial charge in [0.1, 0.15) is 61.0 Å². The summed E-state index contributed by atoms with van der Waals surface area (Å²) in [6, 6.07) is 0. The lowest BCUT2D eigenvalue weighted by molar-refractivity contribution is -0.383. The molecule has 5 aliphatic carbocycles. The molecule has 1 unspecified atom stereocenters. The monoisotopic (exact) mass is 898 g/mol. The zero-order valence-corrected chi connectivity index (χ0v) is 37.6. The third kappa shape index (κ3) is 7.32. The number of carbonyl (C=O) groups is 1. The Morgan fingerprint density at radius 1 is 0.698 bits per heavy atom. The first-order chi connectivity index (χ1) is 29.5. The summed E-state index contributed by atoms with van der Waals surface area (Å²) in [4.78, 5) is 13.1. The molecule has 0 aromatic carbocycles. The zero-order chi connectivity index (χ0) is 45.9. The van der Waals surface area contributed by atoms with Crippen molar-refractivity contribution in [1.82, 2.24) is 0 Å². The van der Waals surface area contributed by atoms with Crippen LogP contribution in [0.15, 0.2) is 12.2 Å². The van der Waals surface area contributed by atoms with E-state index in [-0.39, 0.29) is 52.4 Å². The van der Waals surface area contributed by atoms with Crippen molar-refractivity contribution in [1.29, 1.82) is 0 Å². The van der Waals surface area contributed by atoms with Gasteiger partial charge in [0.2, 0.25) is 0 Å². The number of aliphatic hydroxyl groups is 9. The van der Waals surface area contributed by atoms with Crippen LogP contribution in [0.5, 0.6) is 0 Å². The fraction of sp³-hybridized carbons (Fsp3) is 0.935. The Morgan fingerprint density at radius 3 is 2.06 bits per heavy atom. The number of rotatable bonds is 9. The molecule has 25 atom stereocenters. The van der Waals surface area contributed by atoms with E-state index in [1.807, 2.05) is 0 Å². The van der Waals surface area contributed by atoms with Crippen LogP contribution < -0.4 is 0 Å². The molecule has 8 fully saturated rings. The molecule has 8 rings (SSSR count). The Morgan fingerprint density at radius 2 is 1.40 bits per heavy atom. The highest BCUT2D eigenvalue weighted by molar-refractivity contribution is 5.76. The van der Waals surface area contributed by atoms with Gasteiger partial charge in [-0.3, -0.25) is 4.79 Å². The maximum Gasteiger partial charge on any atom is 0.309 e. The van der Waals surface area contributed by atoms with Gasteiger partial charge >= 0.3 is 5.97 Å². The Labute approximate surface area is 369 Å². The van der Waals surface area contributed by atoms with Crippen LogP contribution in [-0.2, 0) is 33.2 Å². The first kappa shape index (κ1) is 48.1. The predicted octanol–water partition coefficient (Wildman–Crippen LogP) is 0.954. The number of allylic oxidation sites excluding steroid dienone is 1. The van der Waals surface area contributed by atoms with Crippen molar-refractivity contribution in [3.05, 3.63) is 12.2 Å². The van der Waals surface area contributed by atoms with Gasteiger partial charge in [0.25, 0.3) is 0 Å². The van der Waals surface area contributed by atoms with E-state index in [2.05, 4.69) is 34.3 Å². The Balaban J connectivity index is 0.943. The van der Waals surface area contributed by atoms with Crippen LogP contribution in [0.25, 0.3) is 0 Å². The Bertz CT molecular complexity index is 1700. The van der Waals surface area contributed by atoms with Crippen molar-refractivity contribution in [2.45, 2.75) is 203 Å². The molecule has 8 aliphatic rings. The summed E-state index contributed by atoms with van der Waals surface area (Å²) in [7, 11) is 0. The first-order valence-corrected chi connectivity index (χ1v) is 23.4. The number of carboxylic acids is 1. The summed E-state index contributed by atoms with van der Waals surface area (Å²) in [6.45, 7) is 15.8. The molecule has 0 aromatic heterocycles. The molecular weight excluding hydrogens is 824 g/mol. The molecule has 17 nitrogen and oxygen atoms in total. The number of hydrogen-bond acceptors (Lipinski definition) is 16. The third-order valence-corrected chi connectivity index (χ3v) is 19.0. The van der Waals surface area contributed by atoms with Gasteiger partial charge in [-0.25, -0.2) is 0 Å². The van der Waals surface area contributed by atoms with Crippen LogP contribution in [0.4, 0.5) is 0 Å². The predicted molar refractivity (Wildman–Crippen MR) is 220 cm³/mol. The van der Waals surface area contributed by atoms with Crippen molar-refractivity contribution >= 4 is 5.97 Å². The standard InChI is InChI=1S/C46H74O17/c1-20(2)22-10-15-46(41(55)56)17-16-43(5)23(29(22)46)8-9-26-42(4)13-12-28(45(7,57)27(42)11-14-44(26,43)6)62-38-35(53)32(50)25(19-58-38)61-40-37(34(52)31(49)24(18-47)60-40)63-39-36(54)33(51)30(48)21(3)59-39/h21-40,47-54,57H,1,8-19H2,2-7H3,(H,55,56)/t21-,22-,23+,24+,25-,26+,27+,28-,29+,30-,31+,32-,33+,34-,35+,36+,37+,38-,39-,40+,42+,43+,44+,45?,46-/m0/s1. The van der Waals surface area contributed by atoms with Crippen LogP contribution in [-0.4, -0.2) is 168 Å². The average molecular weight is 899 g/mol. The quantitative estimate of drug-likeness (QED) is 0.114. The highest BCUT2D eigenvalue weighted by atomic mass is 16.8. The summed E-state index contributed by atoms with van der Waals surface area (Å²) in [5, 5.41) is 109. The van der Waals surface area contributed by atoms with E-state index in [1.54, 1.807) is 6.92 Å². The Hall–Kier alpha value is -1.39. The zero-order valence-electron chi connectivity index (χ0n) is 37.6. The molecule has 63 heavy (non-hydrogen) atoms. The molecule has 0 aromatic rings. The van der Waals surface area contributed by atoms with Gasteiger partial charge in [-0.15, -0.1) is 0 Å². The molecule has 3 aliphatic heterocycles. The van der Waals surface area contributed by atoms with E-state index >= 15 is 0 Å². The number of fused-ring (bicyclic) bond motifs is 7. The first-order valence-electron chi connectivity index (χ1n) is 23.4. The largest absolute Gasteiger partial charge is 0.481 e. The number of aliphatic hydroxyl groups excluding tert-OH is 8. The molecular formula is C46H74O17. The topological polar surface area (TPSA) is 275 Å². The summed E-state index contributed by atoms with van der Waals surface area (Å²) in [5.41, 5.74) is -1.37. The molecule has 3 heterocycles.